The largest absolute Gasteiger partial charge is 0.493 e. The second kappa shape index (κ2) is 11.0. The van der Waals surface area contributed by atoms with Crippen molar-refractivity contribution in [3.63, 3.8) is 0 Å². The predicted molar refractivity (Wildman–Crippen MR) is 150 cm³/mol. The van der Waals surface area contributed by atoms with E-state index < -0.39 is 6.23 Å². The highest BCUT2D eigenvalue weighted by atomic mass is 79.9. The summed E-state index contributed by atoms with van der Waals surface area (Å²) in [5.41, 5.74) is 4.08. The van der Waals surface area contributed by atoms with Crippen LogP contribution in [0.1, 0.15) is 61.6 Å². The molecule has 5 rings (SSSR count). The van der Waals surface area contributed by atoms with E-state index in [1.807, 2.05) is 48.5 Å². The van der Waals surface area contributed by atoms with Crippen molar-refractivity contribution in [1.29, 1.82) is 0 Å². The fourth-order valence-electron chi connectivity index (χ4n) is 4.64. The molecule has 188 valence electrons. The molecule has 0 bridgehead atoms. The van der Waals surface area contributed by atoms with Crippen molar-refractivity contribution >= 4 is 49.2 Å². The third kappa shape index (κ3) is 5.11. The van der Waals surface area contributed by atoms with Gasteiger partial charge in [0.2, 0.25) is 6.23 Å². The molecule has 3 aromatic rings. The minimum absolute atomic E-state index is 0.0224. The maximum Gasteiger partial charge on any atom is 0.214 e. The first kappa shape index (κ1) is 25.4. The second-order valence-electron chi connectivity index (χ2n) is 8.90. The normalized spacial score (nSPS) is 18.2. The summed E-state index contributed by atoms with van der Waals surface area (Å²) in [6, 6.07) is 18.0. The molecule has 0 N–H and O–H groups in total. The summed E-state index contributed by atoms with van der Waals surface area (Å²) < 4.78 is 20.2. The van der Waals surface area contributed by atoms with Crippen molar-refractivity contribution in [2.75, 3.05) is 13.7 Å². The first-order valence-corrected chi connectivity index (χ1v) is 14.0. The van der Waals surface area contributed by atoms with Gasteiger partial charge in [-0.15, -0.1) is 0 Å². The zero-order chi connectivity index (χ0) is 25.2. The summed E-state index contributed by atoms with van der Waals surface area (Å²) in [5.74, 6) is 2.25. The van der Waals surface area contributed by atoms with Crippen LogP contribution >= 0.6 is 43.5 Å². The Kier molecular flexibility index (Phi) is 7.79. The van der Waals surface area contributed by atoms with Crippen LogP contribution in [0.5, 0.6) is 17.2 Å². The van der Waals surface area contributed by atoms with Crippen LogP contribution < -0.4 is 14.2 Å². The quantitative estimate of drug-likeness (QED) is 0.233. The number of hydrogen-bond donors (Lipinski definition) is 0. The lowest BCUT2D eigenvalue weighted by molar-refractivity contribution is -0.0198. The first-order valence-electron chi connectivity index (χ1n) is 12.1. The Labute approximate surface area is 233 Å². The summed E-state index contributed by atoms with van der Waals surface area (Å²) in [5, 5.41) is 7.82. The van der Waals surface area contributed by atoms with E-state index in [4.69, 9.17) is 30.9 Å². The van der Waals surface area contributed by atoms with Gasteiger partial charge in [-0.1, -0.05) is 59.4 Å². The molecule has 5 nitrogen and oxygen atoms in total. The number of unbranched alkanes of at least 4 members (excludes halogenated alkanes) is 2. The molecular formula is C28H27Br2ClN2O3. The van der Waals surface area contributed by atoms with E-state index in [9.17, 15) is 0 Å². The number of hydrogen-bond acceptors (Lipinski definition) is 5. The Morgan fingerprint density at radius 2 is 1.86 bits per heavy atom. The Bertz CT molecular complexity index is 1280. The molecule has 2 aliphatic heterocycles. The minimum atomic E-state index is -0.423. The lowest BCUT2D eigenvalue weighted by atomic mass is 9.96. The van der Waals surface area contributed by atoms with Crippen LogP contribution in [-0.2, 0) is 0 Å². The van der Waals surface area contributed by atoms with E-state index in [0.29, 0.717) is 17.4 Å². The number of methoxy groups -OCH3 is 1. The van der Waals surface area contributed by atoms with Gasteiger partial charge in [0, 0.05) is 27.0 Å². The Morgan fingerprint density at radius 1 is 1.06 bits per heavy atom. The molecule has 0 radical (unpaired) electrons. The van der Waals surface area contributed by atoms with Gasteiger partial charge in [-0.05, 0) is 70.4 Å². The van der Waals surface area contributed by atoms with Crippen LogP contribution in [0.3, 0.4) is 0 Å². The van der Waals surface area contributed by atoms with Gasteiger partial charge < -0.3 is 14.2 Å². The SMILES string of the molecule is CCCCCOc1ccc([C@H]2Oc3c(Br)cc(Br)cc3[C@@H]3CC(c4ccc(Cl)cc4)=NN23)cc1OC. The van der Waals surface area contributed by atoms with Gasteiger partial charge in [0.25, 0.3) is 0 Å². The van der Waals surface area contributed by atoms with Crippen LogP contribution in [0.25, 0.3) is 0 Å². The highest BCUT2D eigenvalue weighted by molar-refractivity contribution is 9.11. The lowest BCUT2D eigenvalue weighted by Crippen LogP contribution is -2.34. The van der Waals surface area contributed by atoms with E-state index in [-0.39, 0.29) is 6.04 Å². The zero-order valence-corrected chi connectivity index (χ0v) is 24.1. The van der Waals surface area contributed by atoms with E-state index in [1.54, 1.807) is 7.11 Å². The van der Waals surface area contributed by atoms with Gasteiger partial charge in [0.1, 0.15) is 5.75 Å². The van der Waals surface area contributed by atoms with Crippen LogP contribution in [0.15, 0.2) is 68.6 Å². The van der Waals surface area contributed by atoms with Gasteiger partial charge in [-0.3, -0.25) is 0 Å². The number of benzene rings is 3. The Morgan fingerprint density at radius 3 is 2.61 bits per heavy atom. The first-order chi connectivity index (χ1) is 17.5. The van der Waals surface area contributed by atoms with E-state index in [0.717, 1.165) is 68.5 Å². The molecule has 2 atom stereocenters. The average molecular weight is 635 g/mol. The van der Waals surface area contributed by atoms with Gasteiger partial charge in [0.05, 0.1) is 29.9 Å². The second-order valence-corrected chi connectivity index (χ2v) is 11.1. The molecule has 0 unspecified atom stereocenters. The number of rotatable bonds is 8. The van der Waals surface area contributed by atoms with Crippen LogP contribution in [0, 0.1) is 0 Å². The number of ether oxygens (including phenoxy) is 3. The maximum atomic E-state index is 6.61. The summed E-state index contributed by atoms with van der Waals surface area (Å²) in [4.78, 5) is 0. The summed E-state index contributed by atoms with van der Waals surface area (Å²) in [6.45, 7) is 2.85. The fourth-order valence-corrected chi connectivity index (χ4v) is 6.12. The summed E-state index contributed by atoms with van der Waals surface area (Å²) >= 11 is 13.5. The van der Waals surface area contributed by atoms with Crippen molar-refractivity contribution in [3.8, 4) is 17.2 Å². The molecule has 0 saturated carbocycles. The van der Waals surface area contributed by atoms with Crippen molar-refractivity contribution in [2.45, 2.75) is 44.9 Å². The molecule has 0 saturated heterocycles. The summed E-state index contributed by atoms with van der Waals surface area (Å²) in [7, 11) is 1.67. The third-order valence-electron chi connectivity index (χ3n) is 6.46. The highest BCUT2D eigenvalue weighted by Gasteiger charge is 2.42. The topological polar surface area (TPSA) is 43.3 Å². The predicted octanol–water partition coefficient (Wildman–Crippen LogP) is 8.68. The zero-order valence-electron chi connectivity index (χ0n) is 20.1. The van der Waals surface area contributed by atoms with Crippen molar-refractivity contribution in [2.24, 2.45) is 5.10 Å². The molecule has 3 aromatic carbocycles. The number of hydrazone groups is 1. The Hall–Kier alpha value is -2.22. The van der Waals surface area contributed by atoms with E-state index >= 15 is 0 Å². The number of fused-ring (bicyclic) bond motifs is 3. The molecule has 36 heavy (non-hydrogen) atoms. The van der Waals surface area contributed by atoms with Crippen LogP contribution in [0.2, 0.25) is 5.02 Å². The monoisotopic (exact) mass is 632 g/mol. The van der Waals surface area contributed by atoms with E-state index in [1.165, 1.54) is 0 Å². The minimum Gasteiger partial charge on any atom is -0.493 e. The Balaban J connectivity index is 1.52. The van der Waals surface area contributed by atoms with Crippen LogP contribution in [-0.4, -0.2) is 24.4 Å². The van der Waals surface area contributed by atoms with Crippen LogP contribution in [0.4, 0.5) is 0 Å². The molecular weight excluding hydrogens is 608 g/mol. The average Bonchev–Trinajstić information content (AvgIpc) is 3.33. The van der Waals surface area contributed by atoms with Gasteiger partial charge in [0.15, 0.2) is 11.5 Å². The fraction of sp³-hybridized carbons (Fsp3) is 0.321. The maximum absolute atomic E-state index is 6.61. The van der Waals surface area contributed by atoms with Crippen molar-refractivity contribution in [1.82, 2.24) is 5.01 Å². The van der Waals surface area contributed by atoms with Crippen molar-refractivity contribution in [3.05, 3.63) is 85.3 Å². The molecule has 0 aromatic heterocycles. The smallest absolute Gasteiger partial charge is 0.214 e. The molecule has 0 amide bonds. The standard InChI is InChI=1S/C28H27Br2ClN2O3/c1-3-4-5-12-35-25-11-8-18(13-26(25)34-2)28-33-24(21-14-19(29)15-22(30)27(21)36-28)16-23(32-33)17-6-9-20(31)10-7-17/h6-11,13-15,24,28H,3-5,12,16H2,1-2H3/t24-,28+/m0/s1. The molecule has 8 heteroatoms. The van der Waals surface area contributed by atoms with Gasteiger partial charge in [-0.2, -0.15) is 5.10 Å². The lowest BCUT2D eigenvalue weighted by Gasteiger charge is -2.38. The number of halogens is 3. The summed E-state index contributed by atoms with van der Waals surface area (Å²) in [6.07, 6.45) is 3.65. The van der Waals surface area contributed by atoms with Crippen molar-refractivity contribution < 1.29 is 14.2 Å². The molecule has 2 heterocycles. The van der Waals surface area contributed by atoms with E-state index in [2.05, 4.69) is 49.9 Å². The molecule has 0 fully saturated rings. The molecule has 2 aliphatic rings. The van der Waals surface area contributed by atoms with Gasteiger partial charge >= 0.3 is 0 Å². The highest BCUT2D eigenvalue weighted by Crippen LogP contribution is 2.51. The molecule has 0 aliphatic carbocycles. The van der Waals surface area contributed by atoms with Gasteiger partial charge in [-0.25, -0.2) is 5.01 Å². The number of nitrogens with zero attached hydrogens (tertiary/aromatic N) is 2. The molecule has 0 spiro atoms. The third-order valence-corrected chi connectivity index (χ3v) is 7.76.